The van der Waals surface area contributed by atoms with Crippen molar-refractivity contribution >= 4 is 0 Å². The Hall–Kier alpha value is -0.0400. The van der Waals surface area contributed by atoms with E-state index >= 15 is 0 Å². The van der Waals surface area contributed by atoms with Crippen molar-refractivity contribution in [1.82, 2.24) is 5.32 Å². The van der Waals surface area contributed by atoms with Gasteiger partial charge < -0.3 is 5.32 Å². The van der Waals surface area contributed by atoms with E-state index in [4.69, 9.17) is 0 Å². The van der Waals surface area contributed by atoms with Gasteiger partial charge in [0.2, 0.25) is 0 Å². The van der Waals surface area contributed by atoms with Gasteiger partial charge in [0, 0.05) is 0 Å². The first-order valence-corrected chi connectivity index (χ1v) is 6.16. The Morgan fingerprint density at radius 3 is 1.85 bits per heavy atom. The molecule has 3 rings (SSSR count). The third-order valence-corrected chi connectivity index (χ3v) is 4.75. The molecule has 2 aliphatic carbocycles. The third-order valence-electron chi connectivity index (χ3n) is 4.75. The molecule has 0 spiro atoms. The summed E-state index contributed by atoms with van der Waals surface area (Å²) in [5, 5.41) is 3.64. The Bertz CT molecular complexity index is 144. The Balaban J connectivity index is 1.82. The number of hydrogen-bond donors (Lipinski definition) is 1. The van der Waals surface area contributed by atoms with Crippen molar-refractivity contribution in [2.75, 3.05) is 13.1 Å². The first-order chi connectivity index (χ1) is 6.45. The van der Waals surface area contributed by atoms with Crippen molar-refractivity contribution in [3.8, 4) is 0 Å². The van der Waals surface area contributed by atoms with Crippen LogP contribution in [0.3, 0.4) is 0 Å². The molecule has 1 aliphatic heterocycles. The molecule has 3 aliphatic rings. The zero-order valence-corrected chi connectivity index (χ0v) is 8.47. The van der Waals surface area contributed by atoms with Crippen molar-refractivity contribution in [3.63, 3.8) is 0 Å². The molecule has 0 bridgehead atoms. The minimum atomic E-state index is 1.05. The lowest BCUT2D eigenvalue weighted by Gasteiger charge is -2.49. The molecule has 1 N–H and O–H groups in total. The maximum atomic E-state index is 3.64. The van der Waals surface area contributed by atoms with Crippen LogP contribution in [0.5, 0.6) is 0 Å². The largest absolute Gasteiger partial charge is 0.316 e. The summed E-state index contributed by atoms with van der Waals surface area (Å²) in [4.78, 5) is 0. The summed E-state index contributed by atoms with van der Waals surface area (Å²) in [5.74, 6) is 4.36. The fourth-order valence-corrected chi connectivity index (χ4v) is 4.28. The summed E-state index contributed by atoms with van der Waals surface area (Å²) < 4.78 is 0. The quantitative estimate of drug-likeness (QED) is 0.602. The van der Waals surface area contributed by atoms with Gasteiger partial charge in [0.15, 0.2) is 0 Å². The molecule has 1 heteroatoms. The molecular formula is C12H21N. The molecule has 74 valence electrons. The van der Waals surface area contributed by atoms with Crippen LogP contribution in [-0.2, 0) is 0 Å². The molecule has 0 radical (unpaired) electrons. The molecule has 1 heterocycles. The van der Waals surface area contributed by atoms with Crippen LogP contribution in [0.25, 0.3) is 0 Å². The van der Waals surface area contributed by atoms with Gasteiger partial charge >= 0.3 is 0 Å². The van der Waals surface area contributed by atoms with Crippen molar-refractivity contribution in [2.24, 2.45) is 23.7 Å². The summed E-state index contributed by atoms with van der Waals surface area (Å²) in [6.07, 6.45) is 9.17. The zero-order chi connectivity index (χ0) is 8.67. The highest BCUT2D eigenvalue weighted by Crippen LogP contribution is 2.47. The standard InChI is InChI=1S/C12H21N/c1-3-9-4-2-6-11-8-13-7-10(5-1)12(9)11/h9-13H,1-8H2. The topological polar surface area (TPSA) is 12.0 Å². The van der Waals surface area contributed by atoms with Crippen LogP contribution in [0.4, 0.5) is 0 Å². The lowest BCUT2D eigenvalue weighted by molar-refractivity contribution is 0.0236. The second kappa shape index (κ2) is 3.27. The summed E-state index contributed by atoms with van der Waals surface area (Å²) in [6.45, 7) is 2.66. The highest BCUT2D eigenvalue weighted by atomic mass is 14.9. The molecule has 3 fully saturated rings. The first kappa shape index (κ1) is 8.28. The van der Waals surface area contributed by atoms with Crippen molar-refractivity contribution < 1.29 is 0 Å². The molecule has 2 saturated carbocycles. The van der Waals surface area contributed by atoms with E-state index in [-0.39, 0.29) is 0 Å². The number of piperidine rings is 1. The van der Waals surface area contributed by atoms with E-state index in [1.54, 1.807) is 12.8 Å². The average Bonchev–Trinajstić information content (AvgIpc) is 2.19. The first-order valence-electron chi connectivity index (χ1n) is 6.16. The summed E-state index contributed by atoms with van der Waals surface area (Å²) >= 11 is 0. The maximum Gasteiger partial charge on any atom is -0.00175 e. The van der Waals surface area contributed by atoms with Gasteiger partial charge in [-0.25, -0.2) is 0 Å². The van der Waals surface area contributed by atoms with E-state index < -0.39 is 0 Å². The van der Waals surface area contributed by atoms with E-state index in [1.807, 2.05) is 0 Å². The van der Waals surface area contributed by atoms with E-state index in [1.165, 1.54) is 38.8 Å². The van der Waals surface area contributed by atoms with Crippen LogP contribution in [0.1, 0.15) is 38.5 Å². The van der Waals surface area contributed by atoms with Crippen LogP contribution in [0.15, 0.2) is 0 Å². The maximum absolute atomic E-state index is 3.64. The molecule has 2 unspecified atom stereocenters. The molecular weight excluding hydrogens is 158 g/mol. The number of hydrogen-bond acceptors (Lipinski definition) is 1. The molecule has 2 atom stereocenters. The number of rotatable bonds is 0. The Morgan fingerprint density at radius 2 is 1.23 bits per heavy atom. The van der Waals surface area contributed by atoms with Gasteiger partial charge in [-0.1, -0.05) is 25.7 Å². The molecule has 0 aromatic heterocycles. The van der Waals surface area contributed by atoms with Gasteiger partial charge in [-0.05, 0) is 49.6 Å². The van der Waals surface area contributed by atoms with Gasteiger partial charge in [-0.2, -0.15) is 0 Å². The second-order valence-electron chi connectivity index (χ2n) is 5.38. The SMILES string of the molecule is C1CC2CCCC3CNCC(C1)C23. The van der Waals surface area contributed by atoms with E-state index in [0.29, 0.717) is 0 Å². The van der Waals surface area contributed by atoms with E-state index in [0.717, 1.165) is 23.7 Å². The Kier molecular flexibility index (Phi) is 2.08. The molecule has 0 amide bonds. The highest BCUT2D eigenvalue weighted by Gasteiger charge is 2.42. The third kappa shape index (κ3) is 1.32. The Labute approximate surface area is 81.3 Å². The fraction of sp³-hybridized carbons (Fsp3) is 1.00. The Morgan fingerprint density at radius 1 is 0.692 bits per heavy atom. The van der Waals surface area contributed by atoms with Crippen molar-refractivity contribution in [2.45, 2.75) is 38.5 Å². The molecule has 1 saturated heterocycles. The lowest BCUT2D eigenvalue weighted by atomic mass is 9.59. The molecule has 0 aromatic carbocycles. The average molecular weight is 179 g/mol. The molecule has 13 heavy (non-hydrogen) atoms. The normalized spacial score (nSPS) is 49.8. The van der Waals surface area contributed by atoms with Crippen LogP contribution in [0.2, 0.25) is 0 Å². The van der Waals surface area contributed by atoms with Gasteiger partial charge in [-0.15, -0.1) is 0 Å². The predicted molar refractivity (Wildman–Crippen MR) is 54.5 cm³/mol. The van der Waals surface area contributed by atoms with Crippen LogP contribution < -0.4 is 5.32 Å². The van der Waals surface area contributed by atoms with E-state index in [9.17, 15) is 0 Å². The monoisotopic (exact) mass is 179 g/mol. The summed E-state index contributed by atoms with van der Waals surface area (Å²) in [5.41, 5.74) is 0. The summed E-state index contributed by atoms with van der Waals surface area (Å²) in [6, 6.07) is 0. The van der Waals surface area contributed by atoms with Crippen LogP contribution in [-0.4, -0.2) is 13.1 Å². The summed E-state index contributed by atoms with van der Waals surface area (Å²) in [7, 11) is 0. The van der Waals surface area contributed by atoms with Crippen molar-refractivity contribution in [3.05, 3.63) is 0 Å². The van der Waals surface area contributed by atoms with Crippen LogP contribution >= 0.6 is 0 Å². The van der Waals surface area contributed by atoms with Crippen molar-refractivity contribution in [1.29, 1.82) is 0 Å². The lowest BCUT2D eigenvalue weighted by Crippen LogP contribution is -2.49. The molecule has 0 aromatic rings. The van der Waals surface area contributed by atoms with Gasteiger partial charge in [-0.3, -0.25) is 0 Å². The van der Waals surface area contributed by atoms with Gasteiger partial charge in [0.25, 0.3) is 0 Å². The van der Waals surface area contributed by atoms with Crippen LogP contribution in [0, 0.1) is 23.7 Å². The minimum absolute atomic E-state index is 1.05. The van der Waals surface area contributed by atoms with E-state index in [2.05, 4.69) is 5.32 Å². The zero-order valence-electron chi connectivity index (χ0n) is 8.47. The van der Waals surface area contributed by atoms with Gasteiger partial charge in [0.1, 0.15) is 0 Å². The second-order valence-corrected chi connectivity index (χ2v) is 5.38. The smallest absolute Gasteiger partial charge is 0.00175 e. The highest BCUT2D eigenvalue weighted by molar-refractivity contribution is 4.94. The van der Waals surface area contributed by atoms with Gasteiger partial charge in [0.05, 0.1) is 0 Å². The minimum Gasteiger partial charge on any atom is -0.316 e. The molecule has 1 nitrogen and oxygen atoms in total. The fourth-order valence-electron chi connectivity index (χ4n) is 4.28. The predicted octanol–water partition coefficient (Wildman–Crippen LogP) is 2.42. The number of nitrogens with one attached hydrogen (secondary N) is 1.